The lowest BCUT2D eigenvalue weighted by Crippen LogP contribution is -2.47. The van der Waals surface area contributed by atoms with Crippen LogP contribution in [0, 0.1) is 39.9 Å². The molecule has 4 rings (SSSR count). The molecule has 0 bridgehead atoms. The van der Waals surface area contributed by atoms with Crippen LogP contribution in [0.5, 0.6) is 0 Å². The summed E-state index contributed by atoms with van der Waals surface area (Å²) in [5.41, 5.74) is 5.99. The summed E-state index contributed by atoms with van der Waals surface area (Å²) < 4.78 is 0. The highest BCUT2D eigenvalue weighted by atomic mass is 16.3. The van der Waals surface area contributed by atoms with E-state index in [1.54, 1.807) is 5.57 Å². The molecule has 0 saturated heterocycles. The molecule has 0 spiro atoms. The van der Waals surface area contributed by atoms with Crippen molar-refractivity contribution >= 4 is 0 Å². The Morgan fingerprint density at radius 1 is 1.17 bits per heavy atom. The second-order valence-corrected chi connectivity index (χ2v) is 12.5. The van der Waals surface area contributed by atoms with Gasteiger partial charge < -0.3 is 5.11 Å². The molecule has 6 atom stereocenters. The fourth-order valence-corrected chi connectivity index (χ4v) is 8.65. The van der Waals surface area contributed by atoms with Gasteiger partial charge in [0, 0.05) is 0 Å². The van der Waals surface area contributed by atoms with Crippen molar-refractivity contribution in [3.05, 3.63) is 34.9 Å². The van der Waals surface area contributed by atoms with Gasteiger partial charge in [0.25, 0.3) is 0 Å². The molecule has 4 aliphatic rings. The molecule has 1 N–H and O–H groups in total. The van der Waals surface area contributed by atoms with Gasteiger partial charge in [-0.1, -0.05) is 70.4 Å². The third-order valence-electron chi connectivity index (χ3n) is 10.3. The summed E-state index contributed by atoms with van der Waals surface area (Å²) in [5.74, 6) is 3.17. The van der Waals surface area contributed by atoms with E-state index in [1.165, 1.54) is 51.4 Å². The lowest BCUT2D eigenvalue weighted by Gasteiger charge is -2.57. The summed E-state index contributed by atoms with van der Waals surface area (Å²) >= 11 is 0. The standard InChI is InChI=1S/C29H46O/c1-20(19-30)9-7-10-21(2)23-12-13-24-22-11-14-26-27(3,4)16-8-17-29(26,6)25(22)15-18-28(23,24)5/h9,15,18,21,23-24,26,30H,7-8,10-14,16-17,19H2,1-6H3/t21-,23-,24+,26?,28-,29-/m1/s1. The summed E-state index contributed by atoms with van der Waals surface area (Å²) in [7, 11) is 0. The minimum absolute atomic E-state index is 0.202. The van der Waals surface area contributed by atoms with Gasteiger partial charge in [-0.25, -0.2) is 0 Å². The first-order valence-electron chi connectivity index (χ1n) is 12.8. The molecule has 0 amide bonds. The number of aliphatic hydroxyl groups is 1. The summed E-state index contributed by atoms with van der Waals surface area (Å²) in [6.07, 6.45) is 19.6. The van der Waals surface area contributed by atoms with Crippen LogP contribution < -0.4 is 0 Å². The van der Waals surface area contributed by atoms with Crippen LogP contribution in [0.15, 0.2) is 34.9 Å². The maximum Gasteiger partial charge on any atom is 0.0639 e. The van der Waals surface area contributed by atoms with Crippen LogP contribution in [0.25, 0.3) is 0 Å². The molecule has 0 radical (unpaired) electrons. The zero-order chi connectivity index (χ0) is 21.7. The van der Waals surface area contributed by atoms with Crippen LogP contribution in [0.3, 0.4) is 0 Å². The van der Waals surface area contributed by atoms with Crippen LogP contribution in [0.4, 0.5) is 0 Å². The molecule has 168 valence electrons. The van der Waals surface area contributed by atoms with Gasteiger partial charge in [0.05, 0.1) is 6.61 Å². The largest absolute Gasteiger partial charge is 0.392 e. The lowest BCUT2D eigenvalue weighted by molar-refractivity contribution is 0.0106. The smallest absolute Gasteiger partial charge is 0.0639 e. The summed E-state index contributed by atoms with van der Waals surface area (Å²) in [4.78, 5) is 0. The Hall–Kier alpha value is -0.820. The third-order valence-corrected chi connectivity index (χ3v) is 10.3. The molecule has 4 aliphatic carbocycles. The number of hydrogen-bond acceptors (Lipinski definition) is 1. The van der Waals surface area contributed by atoms with Crippen LogP contribution in [-0.4, -0.2) is 11.7 Å². The van der Waals surface area contributed by atoms with Crippen molar-refractivity contribution in [1.29, 1.82) is 0 Å². The van der Waals surface area contributed by atoms with E-state index in [-0.39, 0.29) is 6.61 Å². The molecule has 30 heavy (non-hydrogen) atoms. The molecule has 0 aromatic heterocycles. The average Bonchev–Trinajstić information content (AvgIpc) is 3.04. The van der Waals surface area contributed by atoms with E-state index in [9.17, 15) is 5.11 Å². The molecule has 2 saturated carbocycles. The molecular formula is C29H46O. The Morgan fingerprint density at radius 3 is 2.67 bits per heavy atom. The SMILES string of the molecule is CC(=CCC[C@@H](C)[C@H]1CC[C@H]2C3=C(C=C[C@]12C)[C@@]1(C)CCCC(C)(C)C1CC3)CO. The Morgan fingerprint density at radius 2 is 1.93 bits per heavy atom. The molecule has 2 fully saturated rings. The molecule has 1 heteroatoms. The van der Waals surface area contributed by atoms with Gasteiger partial charge >= 0.3 is 0 Å². The predicted octanol–water partition coefficient (Wildman–Crippen LogP) is 7.87. The third kappa shape index (κ3) is 3.48. The second kappa shape index (κ2) is 7.95. The van der Waals surface area contributed by atoms with Crippen LogP contribution >= 0.6 is 0 Å². The van der Waals surface area contributed by atoms with Gasteiger partial charge in [0.15, 0.2) is 0 Å². The van der Waals surface area contributed by atoms with E-state index in [4.69, 9.17) is 0 Å². The maximum atomic E-state index is 9.27. The Bertz CT molecular complexity index is 752. The monoisotopic (exact) mass is 410 g/mol. The van der Waals surface area contributed by atoms with E-state index in [0.717, 1.165) is 35.7 Å². The lowest BCUT2D eigenvalue weighted by atomic mass is 9.47. The number of aliphatic hydroxyl groups excluding tert-OH is 1. The van der Waals surface area contributed by atoms with E-state index >= 15 is 0 Å². The van der Waals surface area contributed by atoms with Crippen LogP contribution in [-0.2, 0) is 0 Å². The summed E-state index contributed by atoms with van der Waals surface area (Å²) in [5, 5.41) is 9.27. The van der Waals surface area contributed by atoms with Gasteiger partial charge in [0.2, 0.25) is 0 Å². The van der Waals surface area contributed by atoms with E-state index in [0.29, 0.717) is 16.2 Å². The van der Waals surface area contributed by atoms with Crippen molar-refractivity contribution in [2.75, 3.05) is 6.61 Å². The zero-order valence-electron chi connectivity index (χ0n) is 20.6. The fraction of sp³-hybridized carbons (Fsp3) is 0.793. The summed E-state index contributed by atoms with van der Waals surface area (Å²) in [6.45, 7) is 15.0. The van der Waals surface area contributed by atoms with Gasteiger partial charge in [-0.2, -0.15) is 0 Å². The van der Waals surface area contributed by atoms with Gasteiger partial charge in [-0.05, 0) is 104 Å². The Kier molecular flexibility index (Phi) is 5.93. The number of hydrogen-bond donors (Lipinski definition) is 1. The molecule has 0 heterocycles. The van der Waals surface area contributed by atoms with Crippen LogP contribution in [0.2, 0.25) is 0 Å². The Balaban J connectivity index is 1.56. The fourth-order valence-electron chi connectivity index (χ4n) is 8.65. The molecule has 1 nitrogen and oxygen atoms in total. The maximum absolute atomic E-state index is 9.27. The van der Waals surface area contributed by atoms with E-state index in [2.05, 4.69) is 52.8 Å². The average molecular weight is 411 g/mol. The van der Waals surface area contributed by atoms with Gasteiger partial charge in [0.1, 0.15) is 0 Å². The molecule has 1 unspecified atom stereocenters. The number of rotatable bonds is 5. The first-order chi connectivity index (χ1) is 14.1. The summed E-state index contributed by atoms with van der Waals surface area (Å²) in [6, 6.07) is 0. The normalized spacial score (nSPS) is 41.3. The van der Waals surface area contributed by atoms with Gasteiger partial charge in [-0.3, -0.25) is 0 Å². The number of allylic oxidation sites excluding steroid dienone is 5. The highest BCUT2D eigenvalue weighted by Gasteiger charge is 2.56. The van der Waals surface area contributed by atoms with Crippen molar-refractivity contribution in [1.82, 2.24) is 0 Å². The topological polar surface area (TPSA) is 20.2 Å². The van der Waals surface area contributed by atoms with E-state index in [1.807, 2.05) is 12.5 Å². The quantitative estimate of drug-likeness (QED) is 0.457. The molecule has 0 aromatic rings. The van der Waals surface area contributed by atoms with Crippen molar-refractivity contribution in [2.45, 2.75) is 99.3 Å². The van der Waals surface area contributed by atoms with E-state index < -0.39 is 0 Å². The highest BCUT2D eigenvalue weighted by Crippen LogP contribution is 2.66. The molecule has 0 aromatic carbocycles. The first kappa shape index (κ1) is 22.4. The minimum atomic E-state index is 0.202. The van der Waals surface area contributed by atoms with Crippen molar-refractivity contribution in [3.63, 3.8) is 0 Å². The predicted molar refractivity (Wildman–Crippen MR) is 128 cm³/mol. The van der Waals surface area contributed by atoms with Crippen molar-refractivity contribution < 1.29 is 5.11 Å². The van der Waals surface area contributed by atoms with Crippen molar-refractivity contribution in [2.24, 2.45) is 39.9 Å². The number of fused-ring (bicyclic) bond motifs is 4. The first-order valence-corrected chi connectivity index (χ1v) is 12.8. The van der Waals surface area contributed by atoms with Crippen LogP contribution in [0.1, 0.15) is 99.3 Å². The Labute approximate surface area is 186 Å². The zero-order valence-corrected chi connectivity index (χ0v) is 20.6. The van der Waals surface area contributed by atoms with Crippen molar-refractivity contribution in [3.8, 4) is 0 Å². The minimum Gasteiger partial charge on any atom is -0.392 e. The molecule has 0 aliphatic heterocycles. The van der Waals surface area contributed by atoms with Gasteiger partial charge in [-0.15, -0.1) is 0 Å². The molecular weight excluding hydrogens is 364 g/mol. The highest BCUT2D eigenvalue weighted by molar-refractivity contribution is 5.44. The second-order valence-electron chi connectivity index (χ2n) is 12.5.